The molecular formula is C23H27N3O4. The van der Waals surface area contributed by atoms with Gasteiger partial charge in [0.05, 0.1) is 6.54 Å². The molecule has 0 saturated heterocycles. The molecule has 4 rings (SSSR count). The van der Waals surface area contributed by atoms with Gasteiger partial charge in [-0.2, -0.15) is 0 Å². The van der Waals surface area contributed by atoms with Crippen molar-refractivity contribution in [1.29, 1.82) is 0 Å². The lowest BCUT2D eigenvalue weighted by Gasteiger charge is -2.18. The normalized spacial score (nSPS) is 16.2. The molecule has 1 aliphatic heterocycles. The Morgan fingerprint density at radius 3 is 2.63 bits per heavy atom. The summed E-state index contributed by atoms with van der Waals surface area (Å²) in [5, 5.41) is 8.46. The summed E-state index contributed by atoms with van der Waals surface area (Å²) in [4.78, 5) is 24.1. The van der Waals surface area contributed by atoms with Gasteiger partial charge in [-0.05, 0) is 57.0 Å². The van der Waals surface area contributed by atoms with Gasteiger partial charge in [0.1, 0.15) is 12.2 Å². The maximum Gasteiger partial charge on any atom is 0.319 e. The van der Waals surface area contributed by atoms with Crippen LogP contribution in [0.25, 0.3) is 0 Å². The molecule has 0 radical (unpaired) electrons. The molecule has 1 saturated carbocycles. The number of carbonyl (C=O) groups excluding carboxylic acids is 2. The van der Waals surface area contributed by atoms with Crippen LogP contribution in [0.4, 0.5) is 10.5 Å². The van der Waals surface area contributed by atoms with Crippen molar-refractivity contribution in [3.05, 3.63) is 53.6 Å². The van der Waals surface area contributed by atoms with E-state index >= 15 is 0 Å². The smallest absolute Gasteiger partial charge is 0.319 e. The van der Waals surface area contributed by atoms with Gasteiger partial charge < -0.3 is 25.4 Å². The van der Waals surface area contributed by atoms with Crippen LogP contribution in [0.5, 0.6) is 11.5 Å². The molecule has 2 aromatic carbocycles. The average molecular weight is 409 g/mol. The summed E-state index contributed by atoms with van der Waals surface area (Å²) >= 11 is 0. The van der Waals surface area contributed by atoms with Crippen LogP contribution in [-0.4, -0.2) is 36.7 Å². The first-order chi connectivity index (χ1) is 14.4. The molecule has 3 amide bonds. The highest BCUT2D eigenvalue weighted by Gasteiger charge is 2.32. The van der Waals surface area contributed by atoms with Crippen molar-refractivity contribution in [2.75, 3.05) is 18.5 Å². The van der Waals surface area contributed by atoms with E-state index in [0.717, 1.165) is 30.6 Å². The molecule has 2 aliphatic rings. The summed E-state index contributed by atoms with van der Waals surface area (Å²) in [6.07, 6.45) is 2.92. The maximum atomic E-state index is 12.3. The molecule has 1 aliphatic carbocycles. The molecule has 158 valence electrons. The molecule has 1 fully saturated rings. The number of amides is 3. The van der Waals surface area contributed by atoms with Crippen LogP contribution >= 0.6 is 0 Å². The van der Waals surface area contributed by atoms with E-state index in [1.165, 1.54) is 0 Å². The zero-order valence-corrected chi connectivity index (χ0v) is 17.3. The molecule has 0 unspecified atom stereocenters. The van der Waals surface area contributed by atoms with Gasteiger partial charge >= 0.3 is 6.03 Å². The van der Waals surface area contributed by atoms with Crippen molar-refractivity contribution >= 4 is 17.6 Å². The Morgan fingerprint density at radius 1 is 1.13 bits per heavy atom. The third-order valence-corrected chi connectivity index (χ3v) is 5.02. The van der Waals surface area contributed by atoms with Crippen molar-refractivity contribution in [2.45, 2.75) is 44.8 Å². The predicted molar refractivity (Wildman–Crippen MR) is 114 cm³/mol. The molecule has 2 aromatic rings. The highest BCUT2D eigenvalue weighted by molar-refractivity contribution is 5.95. The fraction of sp³-hybridized carbons (Fsp3) is 0.391. The minimum atomic E-state index is -0.227. The second-order valence-corrected chi connectivity index (χ2v) is 8.34. The quantitative estimate of drug-likeness (QED) is 0.611. The fourth-order valence-electron chi connectivity index (χ4n) is 3.41. The van der Waals surface area contributed by atoms with Crippen LogP contribution in [0.3, 0.4) is 0 Å². The summed E-state index contributed by atoms with van der Waals surface area (Å²) in [6.45, 7) is 4.82. The Kier molecular flexibility index (Phi) is 5.53. The lowest BCUT2D eigenvalue weighted by molar-refractivity contribution is 0.0946. The zero-order valence-electron chi connectivity index (χ0n) is 17.3. The number of hydrogen-bond acceptors (Lipinski definition) is 4. The third-order valence-electron chi connectivity index (χ3n) is 5.02. The number of para-hydroxylation sites is 1. The Balaban J connectivity index is 1.23. The Bertz CT molecular complexity index is 936. The molecule has 7 nitrogen and oxygen atoms in total. The fourth-order valence-corrected chi connectivity index (χ4v) is 3.41. The van der Waals surface area contributed by atoms with E-state index in [9.17, 15) is 9.59 Å². The second kappa shape index (κ2) is 8.26. The molecule has 7 heteroatoms. The molecule has 3 N–H and O–H groups in total. The van der Waals surface area contributed by atoms with Gasteiger partial charge in [-0.3, -0.25) is 4.79 Å². The monoisotopic (exact) mass is 409 g/mol. The first-order valence-electron chi connectivity index (χ1n) is 10.3. The van der Waals surface area contributed by atoms with E-state index in [-0.39, 0.29) is 17.5 Å². The summed E-state index contributed by atoms with van der Waals surface area (Å²) in [6, 6.07) is 12.8. The van der Waals surface area contributed by atoms with E-state index in [1.54, 1.807) is 24.3 Å². The van der Waals surface area contributed by atoms with Crippen molar-refractivity contribution < 1.29 is 19.1 Å². The number of carbonyl (C=O) groups is 2. The molecule has 0 atom stereocenters. The summed E-state index contributed by atoms with van der Waals surface area (Å²) in [7, 11) is 0. The summed E-state index contributed by atoms with van der Waals surface area (Å²) in [5.74, 6) is 1.30. The predicted octanol–water partition coefficient (Wildman–Crippen LogP) is 3.49. The van der Waals surface area contributed by atoms with E-state index in [4.69, 9.17) is 9.47 Å². The topological polar surface area (TPSA) is 88.7 Å². The molecule has 0 aromatic heterocycles. The SMILES string of the molecule is CC1(C)Cc2cccc(OCCNC(=O)c3ccc(NC(=O)NC4CC4)cc3)c2O1. The lowest BCUT2D eigenvalue weighted by atomic mass is 10.0. The molecule has 30 heavy (non-hydrogen) atoms. The highest BCUT2D eigenvalue weighted by Crippen LogP contribution is 2.41. The largest absolute Gasteiger partial charge is 0.488 e. The minimum absolute atomic E-state index is 0.191. The second-order valence-electron chi connectivity index (χ2n) is 8.34. The number of hydrogen-bond donors (Lipinski definition) is 3. The number of benzene rings is 2. The number of ether oxygens (including phenoxy) is 2. The van der Waals surface area contributed by atoms with Gasteiger partial charge in [-0.25, -0.2) is 4.79 Å². The van der Waals surface area contributed by atoms with Gasteiger partial charge in [0, 0.05) is 29.3 Å². The summed E-state index contributed by atoms with van der Waals surface area (Å²) in [5.41, 5.74) is 2.08. The lowest BCUT2D eigenvalue weighted by Crippen LogP contribution is -2.30. The van der Waals surface area contributed by atoms with Gasteiger partial charge in [-0.1, -0.05) is 12.1 Å². The van der Waals surface area contributed by atoms with Crippen LogP contribution in [0.2, 0.25) is 0 Å². The number of fused-ring (bicyclic) bond motifs is 1. The van der Waals surface area contributed by atoms with Gasteiger partial charge in [0.2, 0.25) is 0 Å². The van der Waals surface area contributed by atoms with Gasteiger partial charge in [0.25, 0.3) is 5.91 Å². The summed E-state index contributed by atoms with van der Waals surface area (Å²) < 4.78 is 11.8. The van der Waals surface area contributed by atoms with Crippen LogP contribution in [0.15, 0.2) is 42.5 Å². The van der Waals surface area contributed by atoms with E-state index in [1.807, 2.05) is 18.2 Å². The average Bonchev–Trinajstić information content (AvgIpc) is 3.44. The Hall–Kier alpha value is -3.22. The van der Waals surface area contributed by atoms with Crippen LogP contribution in [-0.2, 0) is 6.42 Å². The van der Waals surface area contributed by atoms with Crippen LogP contribution in [0, 0.1) is 0 Å². The molecular weight excluding hydrogens is 382 g/mol. The highest BCUT2D eigenvalue weighted by atomic mass is 16.5. The van der Waals surface area contributed by atoms with Crippen LogP contribution in [0.1, 0.15) is 42.6 Å². The van der Waals surface area contributed by atoms with Crippen LogP contribution < -0.4 is 25.4 Å². The molecule has 0 spiro atoms. The van der Waals surface area contributed by atoms with Gasteiger partial charge in [0.15, 0.2) is 11.5 Å². The first kappa shape index (κ1) is 20.1. The number of urea groups is 1. The zero-order chi connectivity index (χ0) is 21.1. The minimum Gasteiger partial charge on any atom is -0.488 e. The Labute approximate surface area is 176 Å². The molecule has 1 heterocycles. The number of rotatable bonds is 7. The van der Waals surface area contributed by atoms with E-state index in [0.29, 0.717) is 36.2 Å². The van der Waals surface area contributed by atoms with Crippen molar-refractivity contribution in [3.63, 3.8) is 0 Å². The van der Waals surface area contributed by atoms with Gasteiger partial charge in [-0.15, -0.1) is 0 Å². The standard InChI is InChI=1S/C23H27N3O4/c1-23(2)14-16-4-3-5-19(20(16)30-23)29-13-12-24-21(27)15-6-8-17(9-7-15)25-22(28)26-18-10-11-18/h3-9,18H,10-14H2,1-2H3,(H,24,27)(H2,25,26,28). The van der Waals surface area contributed by atoms with E-state index < -0.39 is 0 Å². The van der Waals surface area contributed by atoms with Crippen molar-refractivity contribution in [3.8, 4) is 11.5 Å². The number of nitrogens with one attached hydrogen (secondary N) is 3. The van der Waals surface area contributed by atoms with Crippen molar-refractivity contribution in [2.24, 2.45) is 0 Å². The molecule has 0 bridgehead atoms. The maximum absolute atomic E-state index is 12.3. The van der Waals surface area contributed by atoms with E-state index in [2.05, 4.69) is 29.8 Å². The number of anilines is 1. The first-order valence-corrected chi connectivity index (χ1v) is 10.3. The third kappa shape index (κ3) is 5.03. The Morgan fingerprint density at radius 2 is 1.90 bits per heavy atom. The van der Waals surface area contributed by atoms with Crippen molar-refractivity contribution in [1.82, 2.24) is 10.6 Å².